The van der Waals surface area contributed by atoms with E-state index in [0.717, 1.165) is 6.26 Å². The topological polar surface area (TPSA) is 92.7 Å². The van der Waals surface area contributed by atoms with Crippen LogP contribution in [0.4, 0.5) is 0 Å². The average Bonchev–Trinajstić information content (AvgIpc) is 2.92. The smallest absolute Gasteiger partial charge is 0.264 e. The van der Waals surface area contributed by atoms with Crippen molar-refractivity contribution in [3.63, 3.8) is 0 Å². The van der Waals surface area contributed by atoms with E-state index in [-0.39, 0.29) is 0 Å². The second-order valence-electron chi connectivity index (χ2n) is 5.86. The Kier molecular flexibility index (Phi) is 3.53. The number of fused-ring (bicyclic) bond motifs is 1. The van der Waals surface area contributed by atoms with Crippen molar-refractivity contribution in [3.8, 4) is 0 Å². The maximum absolute atomic E-state index is 11.5. The summed E-state index contributed by atoms with van der Waals surface area (Å²) in [5.41, 5.74) is 0. The molecule has 8 nitrogen and oxygen atoms in total. The van der Waals surface area contributed by atoms with Crippen molar-refractivity contribution in [1.29, 1.82) is 0 Å². The summed E-state index contributed by atoms with van der Waals surface area (Å²) in [5.74, 6) is -0.282. The van der Waals surface area contributed by atoms with E-state index in [1.54, 1.807) is 20.8 Å². The van der Waals surface area contributed by atoms with Crippen LogP contribution in [0.2, 0.25) is 0 Å². The van der Waals surface area contributed by atoms with Gasteiger partial charge in [-0.25, -0.2) is 4.99 Å². The Morgan fingerprint density at radius 2 is 2.10 bits per heavy atom. The summed E-state index contributed by atoms with van der Waals surface area (Å²) in [6.07, 6.45) is -1.48. The second kappa shape index (κ2) is 4.88. The summed E-state index contributed by atoms with van der Waals surface area (Å²) in [7, 11) is -3.66. The molecule has 3 heterocycles. The van der Waals surface area contributed by atoms with E-state index in [0.29, 0.717) is 12.5 Å². The molecule has 3 rings (SSSR count). The summed E-state index contributed by atoms with van der Waals surface area (Å²) in [6.45, 7) is 5.55. The van der Waals surface area contributed by atoms with E-state index in [4.69, 9.17) is 23.1 Å². The number of rotatable bonds is 3. The number of hydrogen-bond donors (Lipinski definition) is 0. The maximum atomic E-state index is 11.5. The molecule has 0 spiro atoms. The van der Waals surface area contributed by atoms with Crippen LogP contribution >= 0.6 is 0 Å². The van der Waals surface area contributed by atoms with Crippen LogP contribution < -0.4 is 0 Å². The highest BCUT2D eigenvalue weighted by Gasteiger charge is 2.56. The van der Waals surface area contributed by atoms with Crippen molar-refractivity contribution in [2.24, 2.45) is 4.99 Å². The first-order valence-corrected chi connectivity index (χ1v) is 8.53. The first-order chi connectivity index (χ1) is 9.65. The molecule has 0 aromatic carbocycles. The van der Waals surface area contributed by atoms with Crippen LogP contribution in [-0.2, 0) is 33.2 Å². The molecule has 1 unspecified atom stereocenters. The van der Waals surface area contributed by atoms with Crippen molar-refractivity contribution in [3.05, 3.63) is 0 Å². The van der Waals surface area contributed by atoms with Crippen LogP contribution in [0.3, 0.4) is 0 Å². The monoisotopic (exact) mass is 321 g/mol. The third-order valence-electron chi connectivity index (χ3n) is 3.53. The molecule has 2 saturated heterocycles. The molecule has 0 amide bonds. The van der Waals surface area contributed by atoms with Gasteiger partial charge >= 0.3 is 0 Å². The van der Waals surface area contributed by atoms with E-state index in [1.807, 2.05) is 0 Å². The Bertz CT molecular complexity index is 558. The fraction of sp³-hybridized carbons (Fsp3) is 0.917. The third-order valence-corrected chi connectivity index (χ3v) is 4.10. The van der Waals surface area contributed by atoms with Crippen molar-refractivity contribution in [1.82, 2.24) is 0 Å². The standard InChI is InChI=1S/C12H19NO7S/c1-6-13-8-10(20-21(4,14)15)9(18-11(8)17-6)7-5-16-12(2,3)19-7/h7-11H,5H2,1-4H3/t7?,8-,9-,10-,11+/m1/s1. The van der Waals surface area contributed by atoms with Gasteiger partial charge in [-0.3, -0.25) is 4.18 Å². The molecule has 3 aliphatic heterocycles. The molecular weight excluding hydrogens is 302 g/mol. The van der Waals surface area contributed by atoms with Crippen LogP contribution in [-0.4, -0.2) is 63.6 Å². The van der Waals surface area contributed by atoms with Crippen molar-refractivity contribution in [2.75, 3.05) is 12.9 Å². The highest BCUT2D eigenvalue weighted by molar-refractivity contribution is 7.86. The van der Waals surface area contributed by atoms with Crippen molar-refractivity contribution < 1.29 is 31.5 Å². The van der Waals surface area contributed by atoms with Crippen molar-refractivity contribution in [2.45, 2.75) is 57.2 Å². The molecule has 0 N–H and O–H groups in total. The molecule has 0 saturated carbocycles. The first kappa shape index (κ1) is 15.2. The van der Waals surface area contributed by atoms with Gasteiger partial charge < -0.3 is 18.9 Å². The molecule has 5 atom stereocenters. The fourth-order valence-corrected chi connectivity index (χ4v) is 3.42. The zero-order chi connectivity index (χ0) is 15.4. The zero-order valence-corrected chi connectivity index (χ0v) is 13.1. The van der Waals surface area contributed by atoms with E-state index >= 15 is 0 Å². The number of aliphatic imine (C=N–C) groups is 1. The minimum atomic E-state index is -3.66. The quantitative estimate of drug-likeness (QED) is 0.677. The maximum Gasteiger partial charge on any atom is 0.264 e. The molecule has 21 heavy (non-hydrogen) atoms. The zero-order valence-electron chi connectivity index (χ0n) is 12.3. The molecule has 120 valence electrons. The van der Waals surface area contributed by atoms with E-state index in [1.165, 1.54) is 0 Å². The molecule has 9 heteroatoms. The van der Waals surface area contributed by atoms with Gasteiger partial charge in [0.1, 0.15) is 24.4 Å². The predicted molar refractivity (Wildman–Crippen MR) is 71.3 cm³/mol. The molecule has 0 aromatic rings. The van der Waals surface area contributed by atoms with Crippen molar-refractivity contribution >= 4 is 16.0 Å². The second-order valence-corrected chi connectivity index (χ2v) is 7.46. The number of nitrogens with zero attached hydrogens (tertiary/aromatic N) is 1. The lowest BCUT2D eigenvalue weighted by Crippen LogP contribution is -2.43. The van der Waals surface area contributed by atoms with E-state index < -0.39 is 46.5 Å². The highest BCUT2D eigenvalue weighted by atomic mass is 32.2. The largest absolute Gasteiger partial charge is 0.450 e. The normalized spacial score (nSPS) is 41.7. The molecule has 0 radical (unpaired) electrons. The lowest BCUT2D eigenvalue weighted by molar-refractivity contribution is -0.171. The van der Waals surface area contributed by atoms with Gasteiger partial charge in [0.25, 0.3) is 10.1 Å². The van der Waals surface area contributed by atoms with Gasteiger partial charge in [-0.2, -0.15) is 8.42 Å². The van der Waals surface area contributed by atoms with Gasteiger partial charge in [0.2, 0.25) is 6.29 Å². The average molecular weight is 321 g/mol. The molecule has 0 aliphatic carbocycles. The summed E-state index contributed by atoms with van der Waals surface area (Å²) in [4.78, 5) is 4.26. The Labute approximate surface area is 123 Å². The third kappa shape index (κ3) is 3.07. The lowest BCUT2D eigenvalue weighted by Gasteiger charge is -2.24. The summed E-state index contributed by atoms with van der Waals surface area (Å²) < 4.78 is 50.6. The van der Waals surface area contributed by atoms with Gasteiger partial charge in [0.15, 0.2) is 11.7 Å². The molecular formula is C12H19NO7S. The van der Waals surface area contributed by atoms with Gasteiger partial charge in [-0.05, 0) is 13.8 Å². The predicted octanol–water partition coefficient (Wildman–Crippen LogP) is 0.0248. The fourth-order valence-electron chi connectivity index (χ4n) is 2.79. The minimum Gasteiger partial charge on any atom is -0.450 e. The van der Waals surface area contributed by atoms with Crippen LogP contribution in [0.15, 0.2) is 4.99 Å². The van der Waals surface area contributed by atoms with Crippen LogP contribution in [0.5, 0.6) is 0 Å². The minimum absolute atomic E-state index is 0.295. The number of ether oxygens (including phenoxy) is 4. The first-order valence-electron chi connectivity index (χ1n) is 6.71. The van der Waals surface area contributed by atoms with E-state index in [2.05, 4.69) is 4.99 Å². The van der Waals surface area contributed by atoms with Gasteiger partial charge in [0.05, 0.1) is 12.9 Å². The van der Waals surface area contributed by atoms with Gasteiger partial charge in [-0.1, -0.05) is 0 Å². The van der Waals surface area contributed by atoms with E-state index in [9.17, 15) is 8.42 Å². The van der Waals surface area contributed by atoms with Gasteiger partial charge in [-0.15, -0.1) is 0 Å². The highest BCUT2D eigenvalue weighted by Crippen LogP contribution is 2.37. The van der Waals surface area contributed by atoms with Gasteiger partial charge in [0, 0.05) is 6.92 Å². The molecule has 0 aromatic heterocycles. The SMILES string of the molecule is CC1=N[C@H]2[C@@H](O1)O[C@H](C1COC(C)(C)O1)[C@@H]2OS(C)(=O)=O. The van der Waals surface area contributed by atoms with Crippen LogP contribution in [0.1, 0.15) is 20.8 Å². The summed E-state index contributed by atoms with van der Waals surface area (Å²) in [6, 6.07) is -0.517. The summed E-state index contributed by atoms with van der Waals surface area (Å²) in [5, 5.41) is 0. The van der Waals surface area contributed by atoms with Crippen LogP contribution in [0, 0.1) is 0 Å². The molecule has 0 bridgehead atoms. The molecule has 3 aliphatic rings. The Hall–Kier alpha value is -0.740. The number of hydrogen-bond acceptors (Lipinski definition) is 8. The summed E-state index contributed by atoms with van der Waals surface area (Å²) >= 11 is 0. The Morgan fingerprint density at radius 1 is 1.38 bits per heavy atom. The Morgan fingerprint density at radius 3 is 2.67 bits per heavy atom. The molecule has 2 fully saturated rings. The lowest BCUT2D eigenvalue weighted by atomic mass is 10.1. The van der Waals surface area contributed by atoms with Crippen LogP contribution in [0.25, 0.3) is 0 Å². The Balaban J connectivity index is 1.82.